The van der Waals surface area contributed by atoms with Gasteiger partial charge in [-0.2, -0.15) is 0 Å². The molecule has 0 heterocycles. The van der Waals surface area contributed by atoms with Crippen molar-refractivity contribution in [1.29, 1.82) is 0 Å². The molecule has 0 spiro atoms. The van der Waals surface area contributed by atoms with Crippen LogP contribution in [0.5, 0.6) is 11.5 Å². The molecule has 0 amide bonds. The van der Waals surface area contributed by atoms with E-state index >= 15 is 0 Å². The van der Waals surface area contributed by atoms with Crippen molar-refractivity contribution in [2.45, 2.75) is 32.9 Å². The maximum atomic E-state index is 12.9. The number of hydrogen-bond donors (Lipinski definition) is 1. The van der Waals surface area contributed by atoms with Gasteiger partial charge in [0, 0.05) is 11.0 Å². The standard InChI is InChI=1S/C19H23BrFNO2/c1-13(2)24-19-11-17(20)15(10-18(19)23-3)12-22-9-8-14-4-6-16(21)7-5-14/h4-7,10-11,13,22H,8-9,12H2,1-3H3. The van der Waals surface area contributed by atoms with Crippen LogP contribution in [-0.4, -0.2) is 19.8 Å². The number of halogens is 2. The van der Waals surface area contributed by atoms with Crippen LogP contribution in [0.25, 0.3) is 0 Å². The first-order valence-corrected chi connectivity index (χ1v) is 8.77. The molecule has 0 atom stereocenters. The van der Waals surface area contributed by atoms with Crippen LogP contribution in [0.1, 0.15) is 25.0 Å². The van der Waals surface area contributed by atoms with E-state index in [0.29, 0.717) is 6.54 Å². The van der Waals surface area contributed by atoms with Crippen molar-refractivity contribution in [2.75, 3.05) is 13.7 Å². The van der Waals surface area contributed by atoms with Crippen molar-refractivity contribution in [3.8, 4) is 11.5 Å². The Bertz CT molecular complexity index is 659. The van der Waals surface area contributed by atoms with E-state index in [1.54, 1.807) is 7.11 Å². The van der Waals surface area contributed by atoms with E-state index < -0.39 is 0 Å². The summed E-state index contributed by atoms with van der Waals surface area (Å²) in [5.41, 5.74) is 2.21. The minimum atomic E-state index is -0.202. The van der Waals surface area contributed by atoms with Crippen LogP contribution in [-0.2, 0) is 13.0 Å². The molecular weight excluding hydrogens is 373 g/mol. The Morgan fingerprint density at radius 2 is 1.83 bits per heavy atom. The largest absolute Gasteiger partial charge is 0.493 e. The van der Waals surface area contributed by atoms with E-state index in [-0.39, 0.29) is 11.9 Å². The third-order valence-corrected chi connectivity index (χ3v) is 4.25. The van der Waals surface area contributed by atoms with Crippen molar-refractivity contribution < 1.29 is 13.9 Å². The SMILES string of the molecule is COc1cc(CNCCc2ccc(F)cc2)c(Br)cc1OC(C)C. The summed E-state index contributed by atoms with van der Waals surface area (Å²) in [5.74, 6) is 1.25. The van der Waals surface area contributed by atoms with E-state index in [9.17, 15) is 4.39 Å². The molecule has 24 heavy (non-hydrogen) atoms. The second kappa shape index (κ2) is 9.04. The summed E-state index contributed by atoms with van der Waals surface area (Å²) in [6.45, 7) is 5.49. The van der Waals surface area contributed by atoms with Gasteiger partial charge in [0.25, 0.3) is 0 Å². The first-order chi connectivity index (χ1) is 11.5. The van der Waals surface area contributed by atoms with Gasteiger partial charge in [0.15, 0.2) is 11.5 Å². The summed E-state index contributed by atoms with van der Waals surface area (Å²) < 4.78 is 25.0. The third-order valence-electron chi connectivity index (χ3n) is 3.51. The first kappa shape index (κ1) is 18.7. The molecule has 5 heteroatoms. The van der Waals surface area contributed by atoms with Gasteiger partial charge in [-0.05, 0) is 62.2 Å². The number of methoxy groups -OCH3 is 1. The summed E-state index contributed by atoms with van der Waals surface area (Å²) in [6.07, 6.45) is 0.939. The predicted molar refractivity (Wildman–Crippen MR) is 98.3 cm³/mol. The Morgan fingerprint density at radius 3 is 2.46 bits per heavy atom. The van der Waals surface area contributed by atoms with Gasteiger partial charge in [-0.15, -0.1) is 0 Å². The first-order valence-electron chi connectivity index (χ1n) is 7.98. The molecule has 0 aliphatic rings. The number of benzene rings is 2. The summed E-state index contributed by atoms with van der Waals surface area (Å²) in [6, 6.07) is 10.5. The summed E-state index contributed by atoms with van der Waals surface area (Å²) in [4.78, 5) is 0. The molecule has 0 aliphatic heterocycles. The van der Waals surface area contributed by atoms with Gasteiger partial charge in [0.1, 0.15) is 5.82 Å². The average molecular weight is 396 g/mol. The van der Waals surface area contributed by atoms with Gasteiger partial charge in [0.2, 0.25) is 0 Å². The fourth-order valence-electron chi connectivity index (χ4n) is 2.33. The molecule has 1 N–H and O–H groups in total. The highest BCUT2D eigenvalue weighted by Crippen LogP contribution is 2.34. The van der Waals surface area contributed by atoms with Gasteiger partial charge in [-0.25, -0.2) is 4.39 Å². The van der Waals surface area contributed by atoms with Crippen molar-refractivity contribution >= 4 is 15.9 Å². The Morgan fingerprint density at radius 1 is 1.12 bits per heavy atom. The number of hydrogen-bond acceptors (Lipinski definition) is 3. The smallest absolute Gasteiger partial charge is 0.162 e. The fourth-order valence-corrected chi connectivity index (χ4v) is 2.79. The quantitative estimate of drug-likeness (QED) is 0.656. The predicted octanol–water partition coefficient (Wildman–Crippen LogP) is 4.72. The minimum Gasteiger partial charge on any atom is -0.493 e. The van der Waals surface area contributed by atoms with Gasteiger partial charge < -0.3 is 14.8 Å². The molecule has 0 unspecified atom stereocenters. The zero-order valence-electron chi connectivity index (χ0n) is 14.2. The van der Waals surface area contributed by atoms with E-state index in [1.807, 2.05) is 38.1 Å². The molecule has 0 fully saturated rings. The molecular formula is C19H23BrFNO2. The van der Waals surface area contributed by atoms with Crippen LogP contribution < -0.4 is 14.8 Å². The molecule has 0 radical (unpaired) electrons. The molecule has 2 aromatic carbocycles. The number of nitrogens with one attached hydrogen (secondary N) is 1. The van der Waals surface area contributed by atoms with Gasteiger partial charge in [-0.3, -0.25) is 0 Å². The van der Waals surface area contributed by atoms with Crippen LogP contribution in [0.2, 0.25) is 0 Å². The molecule has 0 saturated heterocycles. The molecule has 130 valence electrons. The minimum absolute atomic E-state index is 0.0884. The molecule has 3 nitrogen and oxygen atoms in total. The van der Waals surface area contributed by atoms with Crippen molar-refractivity contribution in [2.24, 2.45) is 0 Å². The zero-order chi connectivity index (χ0) is 17.5. The molecule has 2 rings (SSSR count). The average Bonchev–Trinajstić information content (AvgIpc) is 2.54. The van der Waals surface area contributed by atoms with Crippen molar-refractivity contribution in [1.82, 2.24) is 5.32 Å². The molecule has 2 aromatic rings. The van der Waals surface area contributed by atoms with Gasteiger partial charge in [0.05, 0.1) is 13.2 Å². The topological polar surface area (TPSA) is 30.5 Å². The zero-order valence-corrected chi connectivity index (χ0v) is 15.8. The van der Waals surface area contributed by atoms with Gasteiger partial charge in [-0.1, -0.05) is 28.1 Å². The lowest BCUT2D eigenvalue weighted by Crippen LogP contribution is -2.17. The van der Waals surface area contributed by atoms with E-state index in [1.165, 1.54) is 12.1 Å². The molecule has 0 aromatic heterocycles. The van der Waals surface area contributed by atoms with Crippen LogP contribution in [0.15, 0.2) is 40.9 Å². The normalized spacial score (nSPS) is 10.9. The van der Waals surface area contributed by atoms with Gasteiger partial charge >= 0.3 is 0 Å². The maximum Gasteiger partial charge on any atom is 0.162 e. The maximum absolute atomic E-state index is 12.9. The summed E-state index contributed by atoms with van der Waals surface area (Å²) >= 11 is 3.59. The Hall–Kier alpha value is -1.59. The van der Waals surface area contributed by atoms with Crippen LogP contribution >= 0.6 is 15.9 Å². The molecule has 0 saturated carbocycles. The van der Waals surface area contributed by atoms with Crippen molar-refractivity contribution in [3.63, 3.8) is 0 Å². The highest BCUT2D eigenvalue weighted by atomic mass is 79.9. The lowest BCUT2D eigenvalue weighted by molar-refractivity contribution is 0.230. The second-order valence-electron chi connectivity index (χ2n) is 5.81. The Kier molecular flexibility index (Phi) is 7.06. The Balaban J connectivity index is 1.93. The van der Waals surface area contributed by atoms with E-state index in [0.717, 1.165) is 40.1 Å². The summed E-state index contributed by atoms with van der Waals surface area (Å²) in [7, 11) is 1.64. The lowest BCUT2D eigenvalue weighted by atomic mass is 10.1. The van der Waals surface area contributed by atoms with E-state index in [2.05, 4.69) is 21.2 Å². The Labute approximate surface area is 151 Å². The lowest BCUT2D eigenvalue weighted by Gasteiger charge is -2.16. The van der Waals surface area contributed by atoms with E-state index in [4.69, 9.17) is 9.47 Å². The highest BCUT2D eigenvalue weighted by molar-refractivity contribution is 9.10. The van der Waals surface area contributed by atoms with Crippen LogP contribution in [0, 0.1) is 5.82 Å². The molecule has 0 aliphatic carbocycles. The van der Waals surface area contributed by atoms with Crippen LogP contribution in [0.4, 0.5) is 4.39 Å². The fraction of sp³-hybridized carbons (Fsp3) is 0.368. The second-order valence-corrected chi connectivity index (χ2v) is 6.67. The monoisotopic (exact) mass is 395 g/mol. The van der Waals surface area contributed by atoms with Crippen molar-refractivity contribution in [3.05, 3.63) is 57.8 Å². The van der Waals surface area contributed by atoms with Crippen LogP contribution in [0.3, 0.4) is 0 Å². The summed E-state index contributed by atoms with van der Waals surface area (Å²) in [5, 5.41) is 3.40. The number of ether oxygens (including phenoxy) is 2. The molecule has 0 bridgehead atoms. The third kappa shape index (κ3) is 5.49. The number of rotatable bonds is 8. The highest BCUT2D eigenvalue weighted by Gasteiger charge is 2.11.